The highest BCUT2D eigenvalue weighted by molar-refractivity contribution is 5.90. The molecule has 1 amide bonds. The number of halogens is 2. The zero-order chi connectivity index (χ0) is 16.7. The molecule has 7 nitrogen and oxygen atoms in total. The molecule has 1 aromatic rings. The van der Waals surface area contributed by atoms with Crippen molar-refractivity contribution in [1.29, 1.82) is 0 Å². The van der Waals surface area contributed by atoms with Crippen LogP contribution in [0.25, 0.3) is 0 Å². The average Bonchev–Trinajstić information content (AvgIpc) is 2.59. The van der Waals surface area contributed by atoms with Gasteiger partial charge in [-0.25, -0.2) is 14.0 Å². The molecule has 1 aromatic carbocycles. The van der Waals surface area contributed by atoms with Crippen molar-refractivity contribution >= 4 is 24.5 Å². The fourth-order valence-corrected chi connectivity index (χ4v) is 2.09. The van der Waals surface area contributed by atoms with Gasteiger partial charge >= 0.3 is 12.1 Å². The Balaban J connectivity index is 0.00000288. The van der Waals surface area contributed by atoms with Crippen LogP contribution in [0.5, 0.6) is 5.75 Å². The molecule has 0 atom stereocenters. The Morgan fingerprint density at radius 2 is 1.96 bits per heavy atom. The van der Waals surface area contributed by atoms with Crippen LogP contribution in [0, 0.1) is 5.82 Å². The molecule has 24 heavy (non-hydrogen) atoms. The zero-order valence-electron chi connectivity index (χ0n) is 13.2. The smallest absolute Gasteiger partial charge is 0.409 e. The molecule has 0 aliphatic carbocycles. The van der Waals surface area contributed by atoms with E-state index >= 15 is 0 Å². The molecule has 0 spiro atoms. The number of piperazine rings is 1. The van der Waals surface area contributed by atoms with Crippen LogP contribution in [-0.2, 0) is 9.47 Å². The summed E-state index contributed by atoms with van der Waals surface area (Å²) in [5.74, 6) is -1.17. The number of carbonyl (C=O) groups excluding carboxylic acids is 2. The van der Waals surface area contributed by atoms with E-state index in [1.165, 1.54) is 19.2 Å². The maximum atomic E-state index is 13.5. The molecule has 134 valence electrons. The first-order chi connectivity index (χ1) is 11.1. The van der Waals surface area contributed by atoms with Gasteiger partial charge in [-0.15, -0.1) is 12.4 Å². The van der Waals surface area contributed by atoms with Gasteiger partial charge in [0, 0.05) is 26.2 Å². The summed E-state index contributed by atoms with van der Waals surface area (Å²) >= 11 is 0. The first kappa shape index (κ1) is 20.0. The Morgan fingerprint density at radius 1 is 1.25 bits per heavy atom. The molecule has 0 aromatic heterocycles. The van der Waals surface area contributed by atoms with Crippen LogP contribution in [0.3, 0.4) is 0 Å². The summed E-state index contributed by atoms with van der Waals surface area (Å²) in [6, 6.07) is 3.76. The number of rotatable bonds is 5. The Bertz CT molecular complexity index is 567. The van der Waals surface area contributed by atoms with Crippen LogP contribution in [-0.4, -0.2) is 63.5 Å². The topological polar surface area (TPSA) is 77.1 Å². The van der Waals surface area contributed by atoms with E-state index in [0.717, 1.165) is 19.2 Å². The van der Waals surface area contributed by atoms with Crippen LogP contribution in [0.1, 0.15) is 10.4 Å². The SMILES string of the molecule is COC(=O)c1cc(OCCOC(=O)N2CCNCC2)ccc1F.Cl. The van der Waals surface area contributed by atoms with Crippen LogP contribution in [0.2, 0.25) is 0 Å². The van der Waals surface area contributed by atoms with Gasteiger partial charge in [0.15, 0.2) is 0 Å². The minimum absolute atomic E-state index is 0. The molecule has 1 heterocycles. The lowest BCUT2D eigenvalue weighted by molar-refractivity contribution is 0.0595. The lowest BCUT2D eigenvalue weighted by Gasteiger charge is -2.26. The standard InChI is InChI=1S/C15H19FN2O5.ClH/c1-21-14(19)12-10-11(2-3-13(12)16)22-8-9-23-15(20)18-6-4-17-5-7-18;/h2-3,10,17H,4-9H2,1H3;1H. The Morgan fingerprint density at radius 3 is 2.62 bits per heavy atom. The van der Waals surface area contributed by atoms with Crippen LogP contribution in [0.15, 0.2) is 18.2 Å². The third kappa shape index (κ3) is 5.54. The maximum absolute atomic E-state index is 13.5. The van der Waals surface area contributed by atoms with E-state index < -0.39 is 11.8 Å². The average molecular weight is 363 g/mol. The molecule has 2 rings (SSSR count). The summed E-state index contributed by atoms with van der Waals surface area (Å²) in [4.78, 5) is 24.7. The Hall–Kier alpha value is -2.06. The van der Waals surface area contributed by atoms with Crippen molar-refractivity contribution in [1.82, 2.24) is 10.2 Å². The molecule has 1 aliphatic heterocycles. The zero-order valence-corrected chi connectivity index (χ0v) is 14.1. The highest BCUT2D eigenvalue weighted by Gasteiger charge is 2.17. The van der Waals surface area contributed by atoms with E-state index in [1.807, 2.05) is 0 Å². The summed E-state index contributed by atoms with van der Waals surface area (Å²) in [5, 5.41) is 3.14. The third-order valence-corrected chi connectivity index (χ3v) is 3.30. The van der Waals surface area contributed by atoms with Crippen molar-refractivity contribution in [3.63, 3.8) is 0 Å². The van der Waals surface area contributed by atoms with Gasteiger partial charge in [0.25, 0.3) is 0 Å². The van der Waals surface area contributed by atoms with Gasteiger partial charge in [0.05, 0.1) is 12.7 Å². The van der Waals surface area contributed by atoms with E-state index in [-0.39, 0.29) is 37.3 Å². The maximum Gasteiger partial charge on any atom is 0.409 e. The number of benzene rings is 1. The molecule has 0 radical (unpaired) electrons. The van der Waals surface area contributed by atoms with Crippen molar-refractivity contribution in [3.05, 3.63) is 29.6 Å². The van der Waals surface area contributed by atoms with Gasteiger partial charge in [-0.05, 0) is 18.2 Å². The second-order valence-corrected chi connectivity index (χ2v) is 4.83. The number of esters is 1. The molecule has 0 bridgehead atoms. The van der Waals surface area contributed by atoms with Gasteiger partial charge in [-0.2, -0.15) is 0 Å². The predicted octanol–water partition coefficient (Wildman–Crippen LogP) is 1.45. The van der Waals surface area contributed by atoms with Crippen molar-refractivity contribution in [2.75, 3.05) is 46.5 Å². The molecular formula is C15H20ClFN2O5. The predicted molar refractivity (Wildman–Crippen MR) is 86.3 cm³/mol. The van der Waals surface area contributed by atoms with Crippen molar-refractivity contribution in [3.8, 4) is 5.75 Å². The number of carbonyl (C=O) groups is 2. The molecular weight excluding hydrogens is 343 g/mol. The van der Waals surface area contributed by atoms with Crippen LogP contribution in [0.4, 0.5) is 9.18 Å². The third-order valence-electron chi connectivity index (χ3n) is 3.30. The summed E-state index contributed by atoms with van der Waals surface area (Å²) in [7, 11) is 1.17. The number of methoxy groups -OCH3 is 1. The van der Waals surface area contributed by atoms with Gasteiger partial charge < -0.3 is 24.4 Å². The largest absolute Gasteiger partial charge is 0.490 e. The summed E-state index contributed by atoms with van der Waals surface area (Å²) in [5.41, 5.74) is -0.206. The Labute approximate surface area is 145 Å². The van der Waals surface area contributed by atoms with Crippen molar-refractivity contribution in [2.45, 2.75) is 0 Å². The molecule has 9 heteroatoms. The fourth-order valence-electron chi connectivity index (χ4n) is 2.09. The fraction of sp³-hybridized carbons (Fsp3) is 0.467. The molecule has 1 aliphatic rings. The first-order valence-corrected chi connectivity index (χ1v) is 7.25. The highest BCUT2D eigenvalue weighted by Crippen LogP contribution is 2.17. The molecule has 0 unspecified atom stereocenters. The van der Waals surface area contributed by atoms with Gasteiger partial charge in [0.2, 0.25) is 0 Å². The molecule has 1 fully saturated rings. The molecule has 1 saturated heterocycles. The quantitative estimate of drug-likeness (QED) is 0.631. The monoisotopic (exact) mass is 362 g/mol. The lowest BCUT2D eigenvalue weighted by atomic mass is 10.2. The van der Waals surface area contributed by atoms with Gasteiger partial charge in [-0.1, -0.05) is 0 Å². The van der Waals surface area contributed by atoms with Crippen LogP contribution >= 0.6 is 12.4 Å². The normalized spacial score (nSPS) is 13.7. The van der Waals surface area contributed by atoms with E-state index in [9.17, 15) is 14.0 Å². The number of nitrogens with one attached hydrogen (secondary N) is 1. The minimum atomic E-state index is -0.780. The summed E-state index contributed by atoms with van der Waals surface area (Å²) < 4.78 is 28.4. The van der Waals surface area contributed by atoms with Crippen molar-refractivity contribution < 1.29 is 28.2 Å². The highest BCUT2D eigenvalue weighted by atomic mass is 35.5. The Kier molecular flexibility index (Phi) is 8.28. The van der Waals surface area contributed by atoms with E-state index in [2.05, 4.69) is 10.1 Å². The molecule has 0 saturated carbocycles. The van der Waals surface area contributed by atoms with E-state index in [1.54, 1.807) is 4.90 Å². The van der Waals surface area contributed by atoms with Crippen LogP contribution < -0.4 is 10.1 Å². The summed E-state index contributed by atoms with van der Waals surface area (Å²) in [6.45, 7) is 2.88. The number of hydrogen-bond acceptors (Lipinski definition) is 6. The van der Waals surface area contributed by atoms with E-state index in [4.69, 9.17) is 9.47 Å². The van der Waals surface area contributed by atoms with Gasteiger partial charge in [-0.3, -0.25) is 0 Å². The lowest BCUT2D eigenvalue weighted by Crippen LogP contribution is -2.46. The van der Waals surface area contributed by atoms with Gasteiger partial charge in [0.1, 0.15) is 24.8 Å². The van der Waals surface area contributed by atoms with Crippen molar-refractivity contribution in [2.24, 2.45) is 0 Å². The number of amides is 1. The number of nitrogens with zero attached hydrogens (tertiary/aromatic N) is 1. The number of hydrogen-bond donors (Lipinski definition) is 1. The number of ether oxygens (including phenoxy) is 3. The van der Waals surface area contributed by atoms with E-state index in [0.29, 0.717) is 18.8 Å². The second-order valence-electron chi connectivity index (χ2n) is 4.83. The summed E-state index contributed by atoms with van der Waals surface area (Å²) in [6.07, 6.45) is -0.385. The minimum Gasteiger partial charge on any atom is -0.490 e. The second kappa shape index (κ2) is 9.94. The molecule has 1 N–H and O–H groups in total. The first-order valence-electron chi connectivity index (χ1n) is 7.25.